The number of nitrogens with zero attached hydrogens (tertiary/aromatic N) is 5. The Balaban J connectivity index is 0.00000261. The average Bonchev–Trinajstić information content (AvgIpc) is 3.25. The van der Waals surface area contributed by atoms with Crippen LogP contribution >= 0.6 is 23.7 Å². The van der Waals surface area contributed by atoms with Crippen molar-refractivity contribution in [3.8, 4) is 0 Å². The highest BCUT2D eigenvalue weighted by atomic mass is 35.5. The number of halogens is 1. The van der Waals surface area contributed by atoms with E-state index in [-0.39, 0.29) is 18.3 Å². The van der Waals surface area contributed by atoms with Gasteiger partial charge in [-0.2, -0.15) is 5.10 Å². The van der Waals surface area contributed by atoms with E-state index in [0.717, 1.165) is 40.5 Å². The number of hydrogen-bond donors (Lipinski definition) is 0. The molecule has 8 heteroatoms. The molecule has 0 radical (unpaired) electrons. The molecule has 3 aromatic rings. The number of likely N-dealkylation sites (N-methyl/N-ethyl adjacent to an activating group) is 1. The number of amides is 1. The number of benzene rings is 1. The van der Waals surface area contributed by atoms with Gasteiger partial charge in [0, 0.05) is 26.3 Å². The van der Waals surface area contributed by atoms with Crippen LogP contribution in [0, 0.1) is 6.92 Å². The van der Waals surface area contributed by atoms with Crippen LogP contribution in [0.25, 0.3) is 10.2 Å². The van der Waals surface area contributed by atoms with Crippen LogP contribution in [-0.2, 0) is 7.05 Å². The molecular formula is C19H26ClN5OS. The van der Waals surface area contributed by atoms with Crippen molar-refractivity contribution in [2.45, 2.75) is 20.8 Å². The minimum atomic E-state index is -0.0612. The summed E-state index contributed by atoms with van der Waals surface area (Å²) in [5.41, 5.74) is 2.67. The maximum atomic E-state index is 13.2. The number of thiazole rings is 1. The fourth-order valence-corrected chi connectivity index (χ4v) is 4.05. The van der Waals surface area contributed by atoms with Gasteiger partial charge in [-0.25, -0.2) is 4.98 Å². The van der Waals surface area contributed by atoms with E-state index in [4.69, 9.17) is 4.98 Å². The van der Waals surface area contributed by atoms with Crippen molar-refractivity contribution in [1.82, 2.24) is 19.7 Å². The molecule has 0 saturated carbocycles. The van der Waals surface area contributed by atoms with Crippen LogP contribution in [-0.4, -0.2) is 51.8 Å². The van der Waals surface area contributed by atoms with Gasteiger partial charge in [0.05, 0.1) is 10.2 Å². The quantitative estimate of drug-likeness (QED) is 0.598. The van der Waals surface area contributed by atoms with Gasteiger partial charge in [-0.3, -0.25) is 14.4 Å². The summed E-state index contributed by atoms with van der Waals surface area (Å²) in [7, 11) is 1.79. The summed E-state index contributed by atoms with van der Waals surface area (Å²) in [6.07, 6.45) is 1.65. The van der Waals surface area contributed by atoms with Crippen molar-refractivity contribution in [1.29, 1.82) is 0 Å². The number of carbonyl (C=O) groups excluding carboxylic acids is 1. The number of fused-ring (bicyclic) bond motifs is 1. The van der Waals surface area contributed by atoms with E-state index in [2.05, 4.69) is 42.9 Å². The van der Waals surface area contributed by atoms with E-state index in [1.54, 1.807) is 40.2 Å². The van der Waals surface area contributed by atoms with Gasteiger partial charge in [-0.1, -0.05) is 37.3 Å². The predicted molar refractivity (Wildman–Crippen MR) is 114 cm³/mol. The number of aromatic nitrogens is 3. The molecule has 0 saturated heterocycles. The highest BCUT2D eigenvalue weighted by Gasteiger charge is 2.24. The summed E-state index contributed by atoms with van der Waals surface area (Å²) >= 11 is 1.56. The van der Waals surface area contributed by atoms with E-state index in [1.807, 2.05) is 6.07 Å². The van der Waals surface area contributed by atoms with Gasteiger partial charge in [0.1, 0.15) is 5.69 Å². The second-order valence-corrected chi connectivity index (χ2v) is 7.25. The van der Waals surface area contributed by atoms with E-state index in [0.29, 0.717) is 12.2 Å². The van der Waals surface area contributed by atoms with Crippen molar-refractivity contribution in [3.63, 3.8) is 0 Å². The number of aryl methyl sites for hydroxylation is 2. The van der Waals surface area contributed by atoms with Crippen molar-refractivity contribution in [2.24, 2.45) is 7.05 Å². The summed E-state index contributed by atoms with van der Waals surface area (Å²) in [4.78, 5) is 22.1. The van der Waals surface area contributed by atoms with Crippen LogP contribution in [0.3, 0.4) is 0 Å². The molecule has 0 N–H and O–H groups in total. The molecule has 2 aromatic heterocycles. The Morgan fingerprint density at radius 1 is 1.19 bits per heavy atom. The lowest BCUT2D eigenvalue weighted by Gasteiger charge is -2.24. The topological polar surface area (TPSA) is 54.3 Å². The lowest BCUT2D eigenvalue weighted by atomic mass is 10.2. The van der Waals surface area contributed by atoms with Crippen LogP contribution in [0.5, 0.6) is 0 Å². The van der Waals surface area contributed by atoms with Crippen molar-refractivity contribution in [3.05, 3.63) is 41.7 Å². The van der Waals surface area contributed by atoms with Gasteiger partial charge in [0.2, 0.25) is 0 Å². The molecule has 1 aromatic carbocycles. The van der Waals surface area contributed by atoms with Gasteiger partial charge >= 0.3 is 0 Å². The second kappa shape index (κ2) is 9.30. The largest absolute Gasteiger partial charge is 0.302 e. The third-order valence-electron chi connectivity index (χ3n) is 4.66. The molecule has 0 aliphatic carbocycles. The van der Waals surface area contributed by atoms with Crippen LogP contribution in [0.15, 0.2) is 30.5 Å². The van der Waals surface area contributed by atoms with Crippen LogP contribution in [0.2, 0.25) is 0 Å². The van der Waals surface area contributed by atoms with Crippen LogP contribution in [0.1, 0.15) is 29.9 Å². The predicted octanol–water partition coefficient (Wildman–Crippen LogP) is 3.75. The molecule has 1 amide bonds. The Hall–Kier alpha value is -1.96. The zero-order valence-electron chi connectivity index (χ0n) is 16.2. The molecule has 0 aliphatic heterocycles. The molecule has 146 valence electrons. The van der Waals surface area contributed by atoms with Gasteiger partial charge in [0.25, 0.3) is 5.91 Å². The maximum absolute atomic E-state index is 13.2. The van der Waals surface area contributed by atoms with E-state index >= 15 is 0 Å². The van der Waals surface area contributed by atoms with Gasteiger partial charge in [0.15, 0.2) is 5.13 Å². The molecular weight excluding hydrogens is 382 g/mol. The summed E-state index contributed by atoms with van der Waals surface area (Å²) in [5, 5.41) is 4.88. The molecule has 0 bridgehead atoms. The lowest BCUT2D eigenvalue weighted by Crippen LogP contribution is -2.39. The lowest BCUT2D eigenvalue weighted by molar-refractivity contribution is 0.0974. The number of hydrogen-bond acceptors (Lipinski definition) is 5. The van der Waals surface area contributed by atoms with Gasteiger partial charge in [-0.15, -0.1) is 12.4 Å². The Bertz CT molecular complexity index is 903. The minimum Gasteiger partial charge on any atom is -0.302 e. The molecule has 0 atom stereocenters. The first kappa shape index (κ1) is 21.3. The van der Waals surface area contributed by atoms with Crippen LogP contribution in [0.4, 0.5) is 5.13 Å². The van der Waals surface area contributed by atoms with E-state index < -0.39 is 0 Å². The van der Waals surface area contributed by atoms with Gasteiger partial charge in [-0.05, 0) is 37.7 Å². The summed E-state index contributed by atoms with van der Waals surface area (Å²) in [5.74, 6) is -0.0612. The number of para-hydroxylation sites is 1. The fourth-order valence-electron chi connectivity index (χ4n) is 2.98. The number of rotatable bonds is 7. The first-order valence-electron chi connectivity index (χ1n) is 8.93. The van der Waals surface area contributed by atoms with Crippen molar-refractivity contribution < 1.29 is 4.79 Å². The first-order valence-corrected chi connectivity index (χ1v) is 9.75. The molecule has 2 heterocycles. The third kappa shape index (κ3) is 4.48. The first-order chi connectivity index (χ1) is 12.5. The molecule has 0 fully saturated rings. The molecule has 0 spiro atoms. The Morgan fingerprint density at radius 3 is 2.52 bits per heavy atom. The third-order valence-corrected chi connectivity index (χ3v) is 5.70. The van der Waals surface area contributed by atoms with E-state index in [9.17, 15) is 4.79 Å². The second-order valence-electron chi connectivity index (χ2n) is 6.24. The summed E-state index contributed by atoms with van der Waals surface area (Å²) < 4.78 is 2.72. The maximum Gasteiger partial charge on any atom is 0.278 e. The Labute approximate surface area is 170 Å². The van der Waals surface area contributed by atoms with E-state index in [1.165, 1.54) is 0 Å². The fraction of sp³-hybridized carbons (Fsp3) is 0.421. The summed E-state index contributed by atoms with van der Waals surface area (Å²) in [6.45, 7) is 9.66. The molecule has 27 heavy (non-hydrogen) atoms. The molecule has 3 rings (SSSR count). The molecule has 0 unspecified atom stereocenters. The number of carbonyl (C=O) groups is 1. The Morgan fingerprint density at radius 2 is 1.93 bits per heavy atom. The molecule has 0 aliphatic rings. The zero-order chi connectivity index (χ0) is 18.7. The SMILES string of the molecule is CCN(CC)CCN(C(=O)c1ccnn1C)c1nc2c(C)cccc2s1.Cl. The van der Waals surface area contributed by atoms with Gasteiger partial charge < -0.3 is 4.90 Å². The smallest absolute Gasteiger partial charge is 0.278 e. The zero-order valence-corrected chi connectivity index (χ0v) is 17.8. The summed E-state index contributed by atoms with van der Waals surface area (Å²) in [6, 6.07) is 7.89. The van der Waals surface area contributed by atoms with Crippen molar-refractivity contribution >= 4 is 45.0 Å². The number of anilines is 1. The highest BCUT2D eigenvalue weighted by molar-refractivity contribution is 7.22. The highest BCUT2D eigenvalue weighted by Crippen LogP contribution is 2.31. The monoisotopic (exact) mass is 407 g/mol. The Kier molecular flexibility index (Phi) is 7.35. The minimum absolute atomic E-state index is 0. The van der Waals surface area contributed by atoms with Crippen LogP contribution < -0.4 is 4.90 Å². The normalized spacial score (nSPS) is 11.0. The average molecular weight is 408 g/mol. The van der Waals surface area contributed by atoms with Crippen molar-refractivity contribution in [2.75, 3.05) is 31.1 Å². The molecule has 6 nitrogen and oxygen atoms in total. The standard InChI is InChI=1S/C19H25N5OS.ClH/c1-5-23(6-2)12-13-24(18(25)15-10-11-20-22(15)4)19-21-17-14(3)8-7-9-16(17)26-19;/h7-11H,5-6,12-13H2,1-4H3;1H.